The Labute approximate surface area is 246 Å². The highest BCUT2D eigenvalue weighted by Gasteiger charge is 2.27. The average Bonchev–Trinajstić information content (AvgIpc) is 3.45. The molecule has 1 fully saturated rings. The van der Waals surface area contributed by atoms with E-state index in [1.165, 1.54) is 0 Å². The predicted octanol–water partition coefficient (Wildman–Crippen LogP) is 6.24. The molecule has 2 aromatic heterocycles. The van der Waals surface area contributed by atoms with Crippen molar-refractivity contribution in [2.24, 2.45) is 0 Å². The molecule has 8 heteroatoms. The van der Waals surface area contributed by atoms with E-state index < -0.39 is 0 Å². The van der Waals surface area contributed by atoms with E-state index in [1.54, 1.807) is 13.4 Å². The van der Waals surface area contributed by atoms with Gasteiger partial charge in [0.15, 0.2) is 5.65 Å². The topological polar surface area (TPSA) is 72.7 Å². The van der Waals surface area contributed by atoms with Gasteiger partial charge >= 0.3 is 0 Å². The Kier molecular flexibility index (Phi) is 8.03. The molecule has 0 radical (unpaired) electrons. The molecule has 5 aromatic rings. The summed E-state index contributed by atoms with van der Waals surface area (Å²) in [6.07, 6.45) is 5.84. The van der Waals surface area contributed by atoms with Crippen LogP contribution in [0.3, 0.4) is 0 Å². The molecular weight excluding hydrogens is 526 g/mol. The Morgan fingerprint density at radius 2 is 1.62 bits per heavy atom. The smallest absolute Gasteiger partial charge is 0.253 e. The number of unbranched alkanes of at least 4 members (excludes halogenated alkanes) is 1. The number of anilines is 1. The van der Waals surface area contributed by atoms with Gasteiger partial charge in [-0.25, -0.2) is 9.97 Å². The van der Waals surface area contributed by atoms with Crippen LogP contribution in [0, 0.1) is 0 Å². The first kappa shape index (κ1) is 27.3. The summed E-state index contributed by atoms with van der Waals surface area (Å²) in [5.41, 5.74) is 4.53. The van der Waals surface area contributed by atoms with Crippen LogP contribution in [0.5, 0.6) is 11.5 Å². The maximum absolute atomic E-state index is 13.3. The molecule has 1 amide bonds. The normalized spacial score (nSPS) is 13.4. The Bertz CT molecular complexity index is 1660. The van der Waals surface area contributed by atoms with Crippen LogP contribution in [0.2, 0.25) is 0 Å². The fourth-order valence-corrected chi connectivity index (χ4v) is 5.47. The van der Waals surface area contributed by atoms with Crippen molar-refractivity contribution in [3.63, 3.8) is 0 Å². The number of hydrogen-bond donors (Lipinski definition) is 0. The first-order valence-corrected chi connectivity index (χ1v) is 14.5. The Morgan fingerprint density at radius 1 is 0.881 bits per heavy atom. The van der Waals surface area contributed by atoms with Crippen molar-refractivity contribution < 1.29 is 14.3 Å². The first-order chi connectivity index (χ1) is 20.7. The van der Waals surface area contributed by atoms with Crippen LogP contribution >= 0.6 is 0 Å². The van der Waals surface area contributed by atoms with Crippen LogP contribution in [0.25, 0.3) is 27.8 Å². The lowest BCUT2D eigenvalue weighted by molar-refractivity contribution is 0.0746. The summed E-state index contributed by atoms with van der Waals surface area (Å²) in [5, 5.41) is 0.980. The van der Waals surface area contributed by atoms with Crippen molar-refractivity contribution in [3.8, 4) is 28.3 Å². The van der Waals surface area contributed by atoms with Crippen LogP contribution < -0.4 is 14.4 Å². The monoisotopic (exact) mass is 561 g/mol. The number of ether oxygens (including phenoxy) is 2. The maximum atomic E-state index is 13.3. The van der Waals surface area contributed by atoms with Crippen molar-refractivity contribution in [1.82, 2.24) is 19.4 Å². The van der Waals surface area contributed by atoms with Crippen LogP contribution in [0.15, 0.2) is 91.4 Å². The summed E-state index contributed by atoms with van der Waals surface area (Å²) in [7, 11) is 1.68. The number of amides is 1. The van der Waals surface area contributed by atoms with Gasteiger partial charge in [-0.1, -0.05) is 55.8 Å². The molecule has 1 aliphatic heterocycles. The lowest BCUT2D eigenvalue weighted by Gasteiger charge is -2.35. The van der Waals surface area contributed by atoms with Crippen molar-refractivity contribution in [3.05, 3.63) is 97.0 Å². The van der Waals surface area contributed by atoms with Gasteiger partial charge in [0.2, 0.25) is 0 Å². The van der Waals surface area contributed by atoms with Crippen molar-refractivity contribution in [2.45, 2.75) is 19.8 Å². The van der Waals surface area contributed by atoms with Gasteiger partial charge in [0.1, 0.15) is 23.6 Å². The van der Waals surface area contributed by atoms with E-state index in [4.69, 9.17) is 19.4 Å². The second-order valence-corrected chi connectivity index (χ2v) is 10.4. The fraction of sp³-hybridized carbons (Fsp3) is 0.265. The van der Waals surface area contributed by atoms with E-state index in [0.717, 1.165) is 58.0 Å². The quantitative estimate of drug-likeness (QED) is 0.199. The summed E-state index contributed by atoms with van der Waals surface area (Å²) in [6, 6.07) is 25.7. The largest absolute Gasteiger partial charge is 0.495 e. The number of para-hydroxylation sites is 2. The van der Waals surface area contributed by atoms with Crippen molar-refractivity contribution in [2.75, 3.05) is 44.8 Å². The molecule has 1 saturated heterocycles. The Hall–Kier alpha value is -4.85. The summed E-state index contributed by atoms with van der Waals surface area (Å²) >= 11 is 0. The zero-order chi connectivity index (χ0) is 28.9. The summed E-state index contributed by atoms with van der Waals surface area (Å²) in [4.78, 5) is 27.0. The molecule has 0 bridgehead atoms. The molecule has 0 N–H and O–H groups in total. The van der Waals surface area contributed by atoms with E-state index in [0.29, 0.717) is 38.3 Å². The van der Waals surface area contributed by atoms with Crippen molar-refractivity contribution in [1.29, 1.82) is 0 Å². The molecule has 0 aliphatic carbocycles. The molecule has 1 aliphatic rings. The molecule has 0 unspecified atom stereocenters. The number of rotatable bonds is 9. The Balaban J connectivity index is 1.28. The first-order valence-electron chi connectivity index (χ1n) is 14.5. The van der Waals surface area contributed by atoms with Gasteiger partial charge in [0.05, 0.1) is 24.8 Å². The zero-order valence-electron chi connectivity index (χ0n) is 24.1. The van der Waals surface area contributed by atoms with Crippen LogP contribution in [0.1, 0.15) is 30.1 Å². The predicted molar refractivity (Wildman–Crippen MR) is 166 cm³/mol. The second kappa shape index (κ2) is 12.3. The van der Waals surface area contributed by atoms with Crippen LogP contribution in [-0.4, -0.2) is 65.2 Å². The third-order valence-electron chi connectivity index (χ3n) is 7.73. The lowest BCUT2D eigenvalue weighted by Crippen LogP contribution is -2.49. The molecule has 214 valence electrons. The number of benzene rings is 3. The zero-order valence-corrected chi connectivity index (χ0v) is 24.1. The van der Waals surface area contributed by atoms with Gasteiger partial charge in [-0.05, 0) is 48.4 Å². The number of nitrogens with zero attached hydrogens (tertiary/aromatic N) is 5. The van der Waals surface area contributed by atoms with Gasteiger partial charge in [-0.2, -0.15) is 0 Å². The summed E-state index contributed by atoms with van der Waals surface area (Å²) in [5.74, 6) is 2.47. The van der Waals surface area contributed by atoms with Gasteiger partial charge in [0.25, 0.3) is 5.91 Å². The third kappa shape index (κ3) is 5.40. The fourth-order valence-electron chi connectivity index (χ4n) is 5.47. The number of fused-ring (bicyclic) bond motifs is 1. The summed E-state index contributed by atoms with van der Waals surface area (Å²) in [6.45, 7) is 5.38. The molecule has 0 spiro atoms. The van der Waals surface area contributed by atoms with Gasteiger partial charge in [-0.3, -0.25) is 9.36 Å². The highest BCUT2D eigenvalue weighted by atomic mass is 16.5. The minimum absolute atomic E-state index is 0.0369. The number of carbonyl (C=O) groups excluding carboxylic acids is 1. The third-order valence-corrected chi connectivity index (χ3v) is 7.73. The molecule has 0 saturated carbocycles. The maximum Gasteiger partial charge on any atom is 0.253 e. The second-order valence-electron chi connectivity index (χ2n) is 10.4. The molecule has 0 atom stereocenters. The van der Waals surface area contributed by atoms with E-state index >= 15 is 0 Å². The summed E-state index contributed by atoms with van der Waals surface area (Å²) < 4.78 is 13.5. The van der Waals surface area contributed by atoms with Crippen LogP contribution in [0.4, 0.5) is 5.82 Å². The number of hydrogen-bond acceptors (Lipinski definition) is 6. The molecular formula is C34H35N5O3. The molecule has 3 aromatic carbocycles. The lowest BCUT2D eigenvalue weighted by atomic mass is 10.1. The van der Waals surface area contributed by atoms with Gasteiger partial charge in [-0.15, -0.1) is 0 Å². The van der Waals surface area contributed by atoms with E-state index in [-0.39, 0.29) is 5.91 Å². The average molecular weight is 562 g/mol. The molecule has 3 heterocycles. The number of methoxy groups -OCH3 is 1. The number of piperazine rings is 1. The van der Waals surface area contributed by atoms with Crippen LogP contribution in [-0.2, 0) is 0 Å². The number of aromatic nitrogens is 3. The standard InChI is InChI=1S/C34H35N5O3/c1-3-4-22-42-27-16-14-26(15-17-27)34(40)38-20-18-37(19-21-38)32-31-28(25-10-6-5-7-11-25)23-39(33(31)36-24-35-32)29-12-8-9-13-30(29)41-2/h5-17,23-24H,3-4,18-22H2,1-2H3. The minimum Gasteiger partial charge on any atom is -0.495 e. The van der Waals surface area contributed by atoms with Crippen molar-refractivity contribution >= 4 is 22.8 Å². The molecule has 8 nitrogen and oxygen atoms in total. The van der Waals surface area contributed by atoms with E-state index in [1.807, 2.05) is 71.6 Å². The molecule has 6 rings (SSSR count). The van der Waals surface area contributed by atoms with Gasteiger partial charge < -0.3 is 19.3 Å². The highest BCUT2D eigenvalue weighted by Crippen LogP contribution is 2.38. The highest BCUT2D eigenvalue weighted by molar-refractivity contribution is 6.02. The van der Waals surface area contributed by atoms with E-state index in [9.17, 15) is 4.79 Å². The SMILES string of the molecule is CCCCOc1ccc(C(=O)N2CCN(c3ncnc4c3c(-c3ccccc3)cn4-c3ccccc3OC)CC2)cc1. The Morgan fingerprint density at radius 3 is 2.36 bits per heavy atom. The minimum atomic E-state index is 0.0369. The van der Waals surface area contributed by atoms with E-state index in [2.05, 4.69) is 34.7 Å². The van der Waals surface area contributed by atoms with Gasteiger partial charge in [0, 0.05) is 43.5 Å². The number of carbonyl (C=O) groups is 1. The molecule has 42 heavy (non-hydrogen) atoms.